The monoisotopic (exact) mass is 155 g/mol. The molecule has 1 N–H and O–H groups in total. The highest BCUT2D eigenvalue weighted by atomic mass is 16.6. The summed E-state index contributed by atoms with van der Waals surface area (Å²) in [6.45, 7) is 0.726. The predicted molar refractivity (Wildman–Crippen MR) is 40.2 cm³/mol. The van der Waals surface area contributed by atoms with Crippen LogP contribution in [0.25, 0.3) is 0 Å². The van der Waals surface area contributed by atoms with E-state index in [0.29, 0.717) is 5.92 Å². The van der Waals surface area contributed by atoms with Crippen LogP contribution in [-0.2, 0) is 4.74 Å². The second kappa shape index (κ2) is 2.72. The fraction of sp³-hybridized carbons (Fsp3) is 0.875. The predicted octanol–water partition coefficient (Wildman–Crippen LogP) is 1.28. The summed E-state index contributed by atoms with van der Waals surface area (Å²) in [6.07, 6.45) is 5.02. The number of hydrogen-bond acceptors (Lipinski definition) is 2. The van der Waals surface area contributed by atoms with E-state index in [-0.39, 0.29) is 12.2 Å². The van der Waals surface area contributed by atoms with Crippen molar-refractivity contribution in [3.05, 3.63) is 0 Å². The minimum absolute atomic E-state index is 0.171. The molecule has 1 amide bonds. The smallest absolute Gasteiger partial charge is 0.407 e. The Balaban J connectivity index is 1.90. The van der Waals surface area contributed by atoms with Crippen LogP contribution in [0.15, 0.2) is 0 Å². The molecule has 1 unspecified atom stereocenters. The molecule has 1 atom stereocenters. The molecule has 1 saturated carbocycles. The molecule has 3 heteroatoms. The number of rotatable bonds is 1. The van der Waals surface area contributed by atoms with E-state index in [9.17, 15) is 4.79 Å². The van der Waals surface area contributed by atoms with Crippen molar-refractivity contribution in [2.45, 2.75) is 31.8 Å². The zero-order valence-electron chi connectivity index (χ0n) is 6.51. The highest BCUT2D eigenvalue weighted by Crippen LogP contribution is 2.30. The molecule has 0 aromatic carbocycles. The van der Waals surface area contributed by atoms with E-state index in [0.717, 1.165) is 6.54 Å². The molecule has 0 aromatic heterocycles. The van der Waals surface area contributed by atoms with E-state index in [1.807, 2.05) is 0 Å². The van der Waals surface area contributed by atoms with Gasteiger partial charge in [0.1, 0.15) is 6.10 Å². The molecule has 1 aliphatic carbocycles. The van der Waals surface area contributed by atoms with Crippen LogP contribution in [0.2, 0.25) is 0 Å². The first-order valence-electron chi connectivity index (χ1n) is 4.31. The Bertz CT molecular complexity index is 163. The van der Waals surface area contributed by atoms with Gasteiger partial charge < -0.3 is 10.1 Å². The number of amides is 1. The summed E-state index contributed by atoms with van der Waals surface area (Å²) < 4.78 is 5.10. The molecule has 0 radical (unpaired) electrons. The van der Waals surface area contributed by atoms with E-state index in [1.165, 1.54) is 25.7 Å². The summed E-state index contributed by atoms with van der Waals surface area (Å²) in [7, 11) is 0. The number of alkyl carbamates (subject to hydrolysis) is 1. The van der Waals surface area contributed by atoms with Crippen molar-refractivity contribution in [3.63, 3.8) is 0 Å². The topological polar surface area (TPSA) is 38.3 Å². The van der Waals surface area contributed by atoms with Crippen molar-refractivity contribution >= 4 is 6.09 Å². The van der Waals surface area contributed by atoms with Gasteiger partial charge in [0.2, 0.25) is 0 Å². The van der Waals surface area contributed by atoms with E-state index in [2.05, 4.69) is 5.32 Å². The van der Waals surface area contributed by atoms with Gasteiger partial charge >= 0.3 is 6.09 Å². The Labute approximate surface area is 66.1 Å². The van der Waals surface area contributed by atoms with Crippen molar-refractivity contribution < 1.29 is 9.53 Å². The summed E-state index contributed by atoms with van der Waals surface area (Å²) in [5.74, 6) is 0.633. The number of nitrogens with one attached hydrogen (secondary N) is 1. The molecular formula is C8H13NO2. The van der Waals surface area contributed by atoms with Crippen molar-refractivity contribution in [2.75, 3.05) is 6.54 Å². The Hall–Kier alpha value is -0.730. The molecule has 2 fully saturated rings. The van der Waals surface area contributed by atoms with Crippen LogP contribution in [0.4, 0.5) is 4.79 Å². The van der Waals surface area contributed by atoms with Gasteiger partial charge in [-0.05, 0) is 18.8 Å². The molecular weight excluding hydrogens is 142 g/mol. The van der Waals surface area contributed by atoms with Crippen molar-refractivity contribution in [1.82, 2.24) is 5.32 Å². The second-order valence-corrected chi connectivity index (χ2v) is 3.37. The first-order valence-corrected chi connectivity index (χ1v) is 4.31. The molecule has 0 bridgehead atoms. The van der Waals surface area contributed by atoms with Crippen LogP contribution >= 0.6 is 0 Å². The molecule has 2 aliphatic rings. The largest absolute Gasteiger partial charge is 0.444 e. The van der Waals surface area contributed by atoms with E-state index < -0.39 is 0 Å². The fourth-order valence-electron chi connectivity index (χ4n) is 2.00. The second-order valence-electron chi connectivity index (χ2n) is 3.37. The minimum Gasteiger partial charge on any atom is -0.444 e. The van der Waals surface area contributed by atoms with Gasteiger partial charge in [-0.3, -0.25) is 0 Å². The number of carbonyl (C=O) groups excluding carboxylic acids is 1. The maximum absolute atomic E-state index is 10.7. The first kappa shape index (κ1) is 6.95. The zero-order chi connectivity index (χ0) is 7.68. The quantitative estimate of drug-likeness (QED) is 0.619. The lowest BCUT2D eigenvalue weighted by Crippen LogP contribution is -2.22. The van der Waals surface area contributed by atoms with Gasteiger partial charge in [-0.1, -0.05) is 12.8 Å². The van der Waals surface area contributed by atoms with Gasteiger partial charge in [0.15, 0.2) is 0 Å². The van der Waals surface area contributed by atoms with Gasteiger partial charge in [-0.15, -0.1) is 0 Å². The summed E-state index contributed by atoms with van der Waals surface area (Å²) in [4.78, 5) is 10.7. The van der Waals surface area contributed by atoms with Crippen molar-refractivity contribution in [2.24, 2.45) is 5.92 Å². The van der Waals surface area contributed by atoms with Crippen molar-refractivity contribution in [1.29, 1.82) is 0 Å². The summed E-state index contributed by atoms with van der Waals surface area (Å²) >= 11 is 0. The molecule has 11 heavy (non-hydrogen) atoms. The third-order valence-electron chi connectivity index (χ3n) is 2.63. The third kappa shape index (κ3) is 1.32. The normalized spacial score (nSPS) is 32.0. The average Bonchev–Trinajstić information content (AvgIpc) is 2.55. The van der Waals surface area contributed by atoms with Crippen LogP contribution in [0.3, 0.4) is 0 Å². The van der Waals surface area contributed by atoms with E-state index >= 15 is 0 Å². The summed E-state index contributed by atoms with van der Waals surface area (Å²) in [5.41, 5.74) is 0. The van der Waals surface area contributed by atoms with E-state index in [4.69, 9.17) is 4.74 Å². The average molecular weight is 155 g/mol. The lowest BCUT2D eigenvalue weighted by Gasteiger charge is -2.14. The third-order valence-corrected chi connectivity index (χ3v) is 2.63. The number of hydrogen-bond donors (Lipinski definition) is 1. The van der Waals surface area contributed by atoms with Gasteiger partial charge in [0.25, 0.3) is 0 Å². The van der Waals surface area contributed by atoms with Gasteiger partial charge in [-0.25, -0.2) is 4.79 Å². The number of carbonyl (C=O) groups is 1. The molecule has 62 valence electrons. The van der Waals surface area contributed by atoms with Crippen LogP contribution in [0, 0.1) is 5.92 Å². The molecule has 3 nitrogen and oxygen atoms in total. The lowest BCUT2D eigenvalue weighted by atomic mass is 10.0. The molecule has 1 aliphatic heterocycles. The molecule has 1 saturated heterocycles. The lowest BCUT2D eigenvalue weighted by molar-refractivity contribution is 0.106. The Morgan fingerprint density at radius 1 is 1.36 bits per heavy atom. The minimum atomic E-state index is -0.234. The Kier molecular flexibility index (Phi) is 1.72. The first-order chi connectivity index (χ1) is 5.36. The highest BCUT2D eigenvalue weighted by molar-refractivity contribution is 5.69. The maximum atomic E-state index is 10.7. The summed E-state index contributed by atoms with van der Waals surface area (Å²) in [6, 6.07) is 0. The zero-order valence-corrected chi connectivity index (χ0v) is 6.51. The summed E-state index contributed by atoms with van der Waals surface area (Å²) in [5, 5.41) is 2.69. The van der Waals surface area contributed by atoms with Crippen LogP contribution in [0.1, 0.15) is 25.7 Å². The van der Waals surface area contributed by atoms with Crippen LogP contribution < -0.4 is 5.32 Å². The Morgan fingerprint density at radius 3 is 2.64 bits per heavy atom. The number of cyclic esters (lactones) is 1. The van der Waals surface area contributed by atoms with Gasteiger partial charge in [0, 0.05) is 0 Å². The maximum Gasteiger partial charge on any atom is 0.407 e. The number of ether oxygens (including phenoxy) is 1. The molecule has 0 aromatic rings. The standard InChI is InChI=1S/C8H13NO2/c10-8-9-5-7(11-8)6-3-1-2-4-6/h6-7H,1-5H2,(H,9,10). The molecule has 2 rings (SSSR count). The van der Waals surface area contributed by atoms with Crippen LogP contribution in [-0.4, -0.2) is 18.7 Å². The molecule has 1 heterocycles. The van der Waals surface area contributed by atoms with Crippen LogP contribution in [0.5, 0.6) is 0 Å². The Morgan fingerprint density at radius 2 is 2.09 bits per heavy atom. The van der Waals surface area contributed by atoms with Gasteiger partial charge in [-0.2, -0.15) is 0 Å². The highest BCUT2D eigenvalue weighted by Gasteiger charge is 2.32. The van der Waals surface area contributed by atoms with Crippen molar-refractivity contribution in [3.8, 4) is 0 Å². The van der Waals surface area contributed by atoms with E-state index in [1.54, 1.807) is 0 Å². The van der Waals surface area contributed by atoms with Gasteiger partial charge in [0.05, 0.1) is 6.54 Å². The fourth-order valence-corrected chi connectivity index (χ4v) is 2.00. The SMILES string of the molecule is O=C1NCC(C2CCCC2)O1. The molecule has 0 spiro atoms.